The third-order valence-corrected chi connectivity index (χ3v) is 9.06. The highest BCUT2D eigenvalue weighted by Gasteiger charge is 2.35. The lowest BCUT2D eigenvalue weighted by Crippen LogP contribution is -2.34. The van der Waals surface area contributed by atoms with Crippen molar-refractivity contribution in [2.45, 2.75) is 30.3 Å². The van der Waals surface area contributed by atoms with E-state index in [0.29, 0.717) is 34.3 Å². The molecule has 34 heavy (non-hydrogen) atoms. The highest BCUT2D eigenvalue weighted by molar-refractivity contribution is 7.89. The monoisotopic (exact) mass is 515 g/mol. The number of hydrogen-bond acceptors (Lipinski definition) is 6. The Morgan fingerprint density at radius 1 is 1.18 bits per heavy atom. The highest BCUT2D eigenvalue weighted by atomic mass is 35.5. The molecule has 1 fully saturated rings. The fraction of sp³-hybridized carbons (Fsp3) is 0.261. The van der Waals surface area contributed by atoms with Gasteiger partial charge in [0.2, 0.25) is 10.0 Å². The molecule has 2 aromatic heterocycles. The molecule has 0 saturated heterocycles. The molecule has 0 bridgehead atoms. The highest BCUT2D eigenvalue weighted by Crippen LogP contribution is 2.34. The first-order chi connectivity index (χ1) is 16.3. The Hall–Kier alpha value is -2.79. The maximum absolute atomic E-state index is 13.5. The number of halogens is 1. The smallest absolute Gasteiger partial charge is 0.260 e. The van der Waals surface area contributed by atoms with E-state index >= 15 is 0 Å². The molecule has 176 valence electrons. The first kappa shape index (κ1) is 23.0. The standard InChI is InChI=1S/C23H22ClN5O3S2/c1-27(17-8-9-17)34(31,32)18-10-6-16(7-11-18)22(30)29(15-14-28-13-3-12-25-28)23-26-21-19(24)4-2-5-20(21)33-23/h2-7,10-13,17H,8-9,14-15H2,1H3. The molecule has 2 heterocycles. The van der Waals surface area contributed by atoms with Crippen LogP contribution in [0.5, 0.6) is 0 Å². The van der Waals surface area contributed by atoms with E-state index in [0.717, 1.165) is 17.5 Å². The van der Waals surface area contributed by atoms with Crippen molar-refractivity contribution in [3.8, 4) is 0 Å². The molecule has 0 spiro atoms. The summed E-state index contributed by atoms with van der Waals surface area (Å²) in [5.41, 5.74) is 1.02. The van der Waals surface area contributed by atoms with Crippen molar-refractivity contribution in [2.24, 2.45) is 0 Å². The molecule has 8 nitrogen and oxygen atoms in total. The topological polar surface area (TPSA) is 88.4 Å². The molecule has 1 amide bonds. The predicted octanol–water partition coefficient (Wildman–Crippen LogP) is 4.28. The first-order valence-electron chi connectivity index (χ1n) is 10.8. The van der Waals surface area contributed by atoms with Crippen LogP contribution in [0.3, 0.4) is 0 Å². The lowest BCUT2D eigenvalue weighted by molar-refractivity contribution is 0.0985. The van der Waals surface area contributed by atoms with Gasteiger partial charge in [-0.05, 0) is 55.3 Å². The Labute approximate surface area is 206 Å². The van der Waals surface area contributed by atoms with Crippen LogP contribution in [-0.2, 0) is 16.6 Å². The van der Waals surface area contributed by atoms with Crippen LogP contribution in [0.4, 0.5) is 5.13 Å². The van der Waals surface area contributed by atoms with Crippen LogP contribution in [0.25, 0.3) is 10.2 Å². The third kappa shape index (κ3) is 4.46. The molecule has 5 rings (SSSR count). The van der Waals surface area contributed by atoms with Gasteiger partial charge in [-0.2, -0.15) is 9.40 Å². The number of carbonyl (C=O) groups is 1. The number of nitrogens with zero attached hydrogens (tertiary/aromatic N) is 5. The van der Waals surface area contributed by atoms with Gasteiger partial charge < -0.3 is 0 Å². The number of thiazole rings is 1. The van der Waals surface area contributed by atoms with E-state index in [2.05, 4.69) is 10.1 Å². The molecular weight excluding hydrogens is 494 g/mol. The van der Waals surface area contributed by atoms with Gasteiger partial charge in [0.05, 0.1) is 21.2 Å². The molecule has 0 N–H and O–H groups in total. The van der Waals surface area contributed by atoms with Crippen molar-refractivity contribution >= 4 is 54.2 Å². The normalized spacial score (nSPS) is 14.1. The van der Waals surface area contributed by atoms with Crippen LogP contribution in [0, 0.1) is 0 Å². The number of carbonyl (C=O) groups excluding carboxylic acids is 1. The summed E-state index contributed by atoms with van der Waals surface area (Å²) in [5.74, 6) is -0.276. The van der Waals surface area contributed by atoms with E-state index in [4.69, 9.17) is 11.6 Å². The zero-order valence-corrected chi connectivity index (χ0v) is 20.7. The van der Waals surface area contributed by atoms with Crippen LogP contribution in [0.15, 0.2) is 65.8 Å². The Bertz CT molecular complexity index is 1430. The SMILES string of the molecule is CN(C1CC1)S(=O)(=O)c1ccc(C(=O)N(CCn2cccn2)c2nc3c(Cl)cccc3s2)cc1. The average Bonchev–Trinajstić information content (AvgIpc) is 3.36. The van der Waals surface area contributed by atoms with Crippen molar-refractivity contribution in [3.63, 3.8) is 0 Å². The van der Waals surface area contributed by atoms with Gasteiger partial charge in [-0.3, -0.25) is 14.4 Å². The van der Waals surface area contributed by atoms with Crippen LogP contribution in [0.2, 0.25) is 5.02 Å². The average molecular weight is 516 g/mol. The number of hydrogen-bond donors (Lipinski definition) is 0. The van der Waals surface area contributed by atoms with Gasteiger partial charge in [0.1, 0.15) is 5.52 Å². The van der Waals surface area contributed by atoms with Gasteiger partial charge in [-0.25, -0.2) is 13.4 Å². The fourth-order valence-electron chi connectivity index (χ4n) is 3.66. The van der Waals surface area contributed by atoms with E-state index in [1.807, 2.05) is 24.4 Å². The van der Waals surface area contributed by atoms with E-state index < -0.39 is 10.0 Å². The first-order valence-corrected chi connectivity index (χ1v) is 13.4. The zero-order chi connectivity index (χ0) is 23.9. The Balaban J connectivity index is 1.45. The summed E-state index contributed by atoms with van der Waals surface area (Å²) in [6.45, 7) is 0.809. The van der Waals surface area contributed by atoms with Crippen molar-refractivity contribution in [1.82, 2.24) is 19.1 Å². The molecule has 0 atom stereocenters. The lowest BCUT2D eigenvalue weighted by Gasteiger charge is -2.20. The van der Waals surface area contributed by atoms with E-state index in [1.54, 1.807) is 41.0 Å². The minimum absolute atomic E-state index is 0.0648. The molecule has 11 heteroatoms. The Kier molecular flexibility index (Phi) is 6.15. The molecule has 0 radical (unpaired) electrons. The number of benzene rings is 2. The van der Waals surface area contributed by atoms with Crippen molar-refractivity contribution in [2.75, 3.05) is 18.5 Å². The number of fused-ring (bicyclic) bond motifs is 1. The summed E-state index contributed by atoms with van der Waals surface area (Å²) in [4.78, 5) is 19.9. The zero-order valence-electron chi connectivity index (χ0n) is 18.3. The second kappa shape index (κ2) is 9.10. The molecule has 1 aliphatic rings. The number of sulfonamides is 1. The van der Waals surface area contributed by atoms with Crippen LogP contribution < -0.4 is 4.90 Å². The van der Waals surface area contributed by atoms with Crippen LogP contribution >= 0.6 is 22.9 Å². The maximum atomic E-state index is 13.5. The maximum Gasteiger partial charge on any atom is 0.260 e. The summed E-state index contributed by atoms with van der Waals surface area (Å²) in [6.07, 6.45) is 5.27. The number of para-hydroxylation sites is 1. The Morgan fingerprint density at radius 2 is 1.94 bits per heavy atom. The number of aromatic nitrogens is 3. The van der Waals surface area contributed by atoms with E-state index in [-0.39, 0.29) is 16.8 Å². The van der Waals surface area contributed by atoms with Gasteiger partial charge in [0.25, 0.3) is 5.91 Å². The number of rotatable bonds is 8. The van der Waals surface area contributed by atoms with Gasteiger partial charge >= 0.3 is 0 Å². The van der Waals surface area contributed by atoms with Crippen molar-refractivity contribution < 1.29 is 13.2 Å². The molecule has 4 aromatic rings. The third-order valence-electron chi connectivity index (χ3n) is 5.79. The second-order valence-corrected chi connectivity index (χ2v) is 11.5. The summed E-state index contributed by atoms with van der Waals surface area (Å²) in [6, 6.07) is 13.5. The molecular formula is C23H22ClN5O3S2. The Morgan fingerprint density at radius 3 is 2.59 bits per heavy atom. The van der Waals surface area contributed by atoms with E-state index in [1.165, 1.54) is 27.8 Å². The molecule has 0 unspecified atom stereocenters. The predicted molar refractivity (Wildman–Crippen MR) is 133 cm³/mol. The van der Waals surface area contributed by atoms with Gasteiger partial charge in [0.15, 0.2) is 5.13 Å². The van der Waals surface area contributed by atoms with Crippen molar-refractivity contribution in [1.29, 1.82) is 0 Å². The van der Waals surface area contributed by atoms with Gasteiger partial charge in [-0.15, -0.1) is 0 Å². The summed E-state index contributed by atoms with van der Waals surface area (Å²) >= 11 is 7.69. The second-order valence-electron chi connectivity index (χ2n) is 8.09. The largest absolute Gasteiger partial charge is 0.282 e. The van der Waals surface area contributed by atoms with Gasteiger partial charge in [0, 0.05) is 37.6 Å². The van der Waals surface area contributed by atoms with Crippen LogP contribution in [-0.4, -0.2) is 53.0 Å². The van der Waals surface area contributed by atoms with E-state index in [9.17, 15) is 13.2 Å². The quantitative estimate of drug-likeness (QED) is 0.349. The van der Waals surface area contributed by atoms with Crippen molar-refractivity contribution in [3.05, 3.63) is 71.5 Å². The summed E-state index contributed by atoms with van der Waals surface area (Å²) in [5, 5.41) is 5.26. The lowest BCUT2D eigenvalue weighted by atomic mass is 10.2. The van der Waals surface area contributed by atoms with Crippen LogP contribution in [0.1, 0.15) is 23.2 Å². The molecule has 1 aliphatic carbocycles. The minimum atomic E-state index is -3.58. The fourth-order valence-corrected chi connectivity index (χ4v) is 6.37. The number of amides is 1. The minimum Gasteiger partial charge on any atom is -0.282 e. The summed E-state index contributed by atoms with van der Waals surface area (Å²) in [7, 11) is -1.98. The van der Waals surface area contributed by atoms with Gasteiger partial charge in [-0.1, -0.05) is 29.0 Å². The number of anilines is 1. The molecule has 1 saturated carbocycles. The molecule has 0 aliphatic heterocycles. The molecule has 2 aromatic carbocycles. The summed E-state index contributed by atoms with van der Waals surface area (Å²) < 4.78 is 29.7.